The third kappa shape index (κ3) is 4.58. The second-order valence-corrected chi connectivity index (χ2v) is 5.55. The number of ether oxygens (including phenoxy) is 1. The number of esters is 1. The van der Waals surface area contributed by atoms with E-state index in [9.17, 15) is 14.4 Å². The number of nitrogens with zero attached hydrogens (tertiary/aromatic N) is 1. The smallest absolute Gasteiger partial charge is 0.339 e. The fraction of sp³-hybridized carbons (Fsp3) is 0.167. The summed E-state index contributed by atoms with van der Waals surface area (Å²) >= 11 is 6.11. The third-order valence-corrected chi connectivity index (χ3v) is 3.75. The second kappa shape index (κ2) is 8.30. The van der Waals surface area contributed by atoms with E-state index in [1.165, 1.54) is 25.0 Å². The molecule has 0 saturated carbocycles. The molecule has 0 aliphatic rings. The monoisotopic (exact) mass is 360 g/mol. The van der Waals surface area contributed by atoms with Crippen LogP contribution >= 0.6 is 11.6 Å². The van der Waals surface area contributed by atoms with Crippen LogP contribution in [0, 0.1) is 0 Å². The summed E-state index contributed by atoms with van der Waals surface area (Å²) in [6.07, 6.45) is 0. The molecule has 0 spiro atoms. The molecule has 25 heavy (non-hydrogen) atoms. The summed E-state index contributed by atoms with van der Waals surface area (Å²) in [5.74, 6) is -1.36. The molecule has 0 bridgehead atoms. The maximum atomic E-state index is 12.4. The Kier molecular flexibility index (Phi) is 6.14. The van der Waals surface area contributed by atoms with Gasteiger partial charge < -0.3 is 15.0 Å². The number of hydrogen-bond donors (Lipinski definition) is 1. The van der Waals surface area contributed by atoms with Gasteiger partial charge in [0.1, 0.15) is 6.54 Å². The molecule has 6 nitrogen and oxygen atoms in total. The Hall–Kier alpha value is -2.86. The molecule has 2 rings (SSSR count). The van der Waals surface area contributed by atoms with Crippen LogP contribution in [-0.4, -0.2) is 31.4 Å². The van der Waals surface area contributed by atoms with E-state index in [2.05, 4.69) is 5.32 Å². The van der Waals surface area contributed by atoms with E-state index < -0.39 is 11.9 Å². The molecule has 2 amide bonds. The molecule has 2 aromatic carbocycles. The van der Waals surface area contributed by atoms with E-state index in [0.29, 0.717) is 16.4 Å². The van der Waals surface area contributed by atoms with Crippen molar-refractivity contribution in [3.05, 3.63) is 59.1 Å². The molecule has 0 unspecified atom stereocenters. The molecule has 2 aromatic rings. The maximum absolute atomic E-state index is 12.4. The highest BCUT2D eigenvalue weighted by molar-refractivity contribution is 6.33. The standard InChI is InChI=1S/C18H17ClN2O4/c1-12(22)21(16-10-6-4-8-14(16)19)11-17(23)20-15-9-5-3-7-13(15)18(24)25-2/h3-10H,11H2,1-2H3,(H,20,23). The third-order valence-electron chi connectivity index (χ3n) is 3.43. The minimum atomic E-state index is -0.564. The van der Waals surface area contributed by atoms with Gasteiger partial charge in [0.2, 0.25) is 11.8 Å². The summed E-state index contributed by atoms with van der Waals surface area (Å²) in [4.78, 5) is 37.3. The Bertz CT molecular complexity index is 807. The normalized spacial score (nSPS) is 10.0. The Morgan fingerprint density at radius 1 is 1.08 bits per heavy atom. The van der Waals surface area contributed by atoms with E-state index in [-0.39, 0.29) is 18.0 Å². The van der Waals surface area contributed by atoms with E-state index >= 15 is 0 Å². The number of methoxy groups -OCH3 is 1. The van der Waals surface area contributed by atoms with E-state index in [1.54, 1.807) is 42.5 Å². The number of halogens is 1. The average Bonchev–Trinajstić information content (AvgIpc) is 2.60. The van der Waals surface area contributed by atoms with Gasteiger partial charge in [-0.2, -0.15) is 0 Å². The molecule has 0 heterocycles. The molecule has 0 fully saturated rings. The molecule has 0 aliphatic carbocycles. The highest BCUT2D eigenvalue weighted by Crippen LogP contribution is 2.25. The number of rotatable bonds is 5. The van der Waals surface area contributed by atoms with Gasteiger partial charge in [-0.05, 0) is 24.3 Å². The molecule has 0 atom stereocenters. The number of anilines is 2. The van der Waals surface area contributed by atoms with Gasteiger partial charge in [0, 0.05) is 6.92 Å². The van der Waals surface area contributed by atoms with Crippen LogP contribution in [0.5, 0.6) is 0 Å². The first-order valence-electron chi connectivity index (χ1n) is 7.44. The van der Waals surface area contributed by atoms with Crippen LogP contribution in [0.3, 0.4) is 0 Å². The summed E-state index contributed by atoms with van der Waals surface area (Å²) in [7, 11) is 1.26. The van der Waals surface area contributed by atoms with E-state index in [1.807, 2.05) is 0 Å². The fourth-order valence-corrected chi connectivity index (χ4v) is 2.49. The number of carbonyl (C=O) groups is 3. The summed E-state index contributed by atoms with van der Waals surface area (Å²) < 4.78 is 4.69. The first kappa shape index (κ1) is 18.5. The summed E-state index contributed by atoms with van der Waals surface area (Å²) in [5.41, 5.74) is 0.973. The van der Waals surface area contributed by atoms with Crippen molar-refractivity contribution < 1.29 is 19.1 Å². The highest BCUT2D eigenvalue weighted by Gasteiger charge is 2.19. The second-order valence-electron chi connectivity index (χ2n) is 5.14. The SMILES string of the molecule is COC(=O)c1ccccc1NC(=O)CN(C(C)=O)c1ccccc1Cl. The molecular formula is C18H17ClN2O4. The van der Waals surface area contributed by atoms with Gasteiger partial charge in [0.05, 0.1) is 29.1 Å². The van der Waals surface area contributed by atoms with Gasteiger partial charge in [-0.25, -0.2) is 4.79 Å². The number of carbonyl (C=O) groups excluding carboxylic acids is 3. The number of hydrogen-bond acceptors (Lipinski definition) is 4. The van der Waals surface area contributed by atoms with E-state index in [0.717, 1.165) is 0 Å². The Morgan fingerprint density at radius 2 is 1.72 bits per heavy atom. The summed E-state index contributed by atoms with van der Waals surface area (Å²) in [6, 6.07) is 13.2. The Labute approximate surface area is 150 Å². The van der Waals surface area contributed by atoms with Crippen molar-refractivity contribution >= 4 is 40.8 Å². The summed E-state index contributed by atoms with van der Waals surface area (Å²) in [5, 5.41) is 2.99. The van der Waals surface area contributed by atoms with Gasteiger partial charge in [-0.3, -0.25) is 9.59 Å². The van der Waals surface area contributed by atoms with Gasteiger partial charge in [0.15, 0.2) is 0 Å². The lowest BCUT2D eigenvalue weighted by Gasteiger charge is -2.22. The number of nitrogens with one attached hydrogen (secondary N) is 1. The first-order valence-corrected chi connectivity index (χ1v) is 7.81. The molecule has 1 N–H and O–H groups in total. The van der Waals surface area contributed by atoms with Crippen LogP contribution in [0.25, 0.3) is 0 Å². The Balaban J connectivity index is 2.20. The molecule has 0 radical (unpaired) electrons. The lowest BCUT2D eigenvalue weighted by molar-refractivity contribution is -0.120. The first-order chi connectivity index (χ1) is 11.9. The molecule has 0 aromatic heterocycles. The van der Waals surface area contributed by atoms with Crippen LogP contribution in [0.2, 0.25) is 5.02 Å². The van der Waals surface area contributed by atoms with Crippen molar-refractivity contribution in [3.63, 3.8) is 0 Å². The zero-order valence-electron chi connectivity index (χ0n) is 13.8. The van der Waals surface area contributed by atoms with Gasteiger partial charge >= 0.3 is 5.97 Å². The molecule has 0 aliphatic heterocycles. The zero-order chi connectivity index (χ0) is 18.4. The topological polar surface area (TPSA) is 75.7 Å². The fourth-order valence-electron chi connectivity index (χ4n) is 2.25. The zero-order valence-corrected chi connectivity index (χ0v) is 14.5. The highest BCUT2D eigenvalue weighted by atomic mass is 35.5. The molecule has 7 heteroatoms. The van der Waals surface area contributed by atoms with Crippen molar-refractivity contribution in [1.29, 1.82) is 0 Å². The van der Waals surface area contributed by atoms with Crippen molar-refractivity contribution in [1.82, 2.24) is 0 Å². The largest absolute Gasteiger partial charge is 0.465 e. The Morgan fingerprint density at radius 3 is 2.36 bits per heavy atom. The van der Waals surface area contributed by atoms with Gasteiger partial charge in [0.25, 0.3) is 0 Å². The van der Waals surface area contributed by atoms with Crippen molar-refractivity contribution in [3.8, 4) is 0 Å². The predicted octanol–water partition coefficient (Wildman–Crippen LogP) is 3.12. The van der Waals surface area contributed by atoms with Crippen LogP contribution in [0.15, 0.2) is 48.5 Å². The lowest BCUT2D eigenvalue weighted by atomic mass is 10.2. The number of benzene rings is 2. The van der Waals surface area contributed by atoms with Crippen LogP contribution in [0.4, 0.5) is 11.4 Å². The molecule has 130 valence electrons. The average molecular weight is 361 g/mol. The van der Waals surface area contributed by atoms with Crippen molar-refractivity contribution in [2.75, 3.05) is 23.9 Å². The quantitative estimate of drug-likeness (QED) is 0.831. The van der Waals surface area contributed by atoms with Crippen molar-refractivity contribution in [2.24, 2.45) is 0 Å². The van der Waals surface area contributed by atoms with Crippen LogP contribution < -0.4 is 10.2 Å². The minimum Gasteiger partial charge on any atom is -0.465 e. The van der Waals surface area contributed by atoms with Gasteiger partial charge in [-0.1, -0.05) is 35.9 Å². The molecule has 0 saturated heterocycles. The van der Waals surface area contributed by atoms with Crippen LogP contribution in [0.1, 0.15) is 17.3 Å². The van der Waals surface area contributed by atoms with Gasteiger partial charge in [-0.15, -0.1) is 0 Å². The van der Waals surface area contributed by atoms with Crippen molar-refractivity contribution in [2.45, 2.75) is 6.92 Å². The number of para-hydroxylation sites is 2. The minimum absolute atomic E-state index is 0.227. The number of amides is 2. The lowest BCUT2D eigenvalue weighted by Crippen LogP contribution is -2.37. The van der Waals surface area contributed by atoms with Crippen LogP contribution in [-0.2, 0) is 14.3 Å². The maximum Gasteiger partial charge on any atom is 0.339 e. The summed E-state index contributed by atoms with van der Waals surface area (Å²) in [6.45, 7) is 1.10. The van der Waals surface area contributed by atoms with E-state index in [4.69, 9.17) is 16.3 Å². The molecular weight excluding hydrogens is 344 g/mol. The predicted molar refractivity (Wildman–Crippen MR) is 95.9 cm³/mol.